The average Bonchev–Trinajstić information content (AvgIpc) is 2.71. The Balaban J connectivity index is 1.87. The fraction of sp³-hybridized carbons (Fsp3) is 0.579. The predicted octanol–water partition coefficient (Wildman–Crippen LogP) is 1.12. The SMILES string of the molecule is COc1cc(OC)cc(C(=O)NNC(=O)C(O)[C@H](N)CC2CCCCC2)c1. The van der Waals surface area contributed by atoms with Gasteiger partial charge in [0.05, 0.1) is 14.2 Å². The van der Waals surface area contributed by atoms with Gasteiger partial charge < -0.3 is 20.3 Å². The van der Waals surface area contributed by atoms with Gasteiger partial charge in [0.15, 0.2) is 0 Å². The number of carbonyl (C=O) groups excluding carboxylic acids is 2. The van der Waals surface area contributed by atoms with Gasteiger partial charge in [-0.15, -0.1) is 0 Å². The number of ether oxygens (including phenoxy) is 2. The van der Waals surface area contributed by atoms with E-state index in [2.05, 4.69) is 10.9 Å². The molecule has 0 aliphatic heterocycles. The molecule has 2 atom stereocenters. The van der Waals surface area contributed by atoms with Crippen molar-refractivity contribution in [1.29, 1.82) is 0 Å². The minimum absolute atomic E-state index is 0.243. The monoisotopic (exact) mass is 379 g/mol. The van der Waals surface area contributed by atoms with Gasteiger partial charge in [-0.25, -0.2) is 0 Å². The Hall–Kier alpha value is -2.32. The fourth-order valence-corrected chi connectivity index (χ4v) is 3.33. The molecule has 1 fully saturated rings. The van der Waals surface area contributed by atoms with Crippen molar-refractivity contribution in [3.05, 3.63) is 23.8 Å². The van der Waals surface area contributed by atoms with Gasteiger partial charge in [0, 0.05) is 17.7 Å². The minimum Gasteiger partial charge on any atom is -0.497 e. The Kier molecular flexibility index (Phi) is 7.87. The van der Waals surface area contributed by atoms with Crippen LogP contribution in [-0.4, -0.2) is 43.3 Å². The molecular weight excluding hydrogens is 350 g/mol. The molecular formula is C19H29N3O5. The molecule has 8 heteroatoms. The van der Waals surface area contributed by atoms with E-state index in [1.807, 2.05) is 0 Å². The van der Waals surface area contributed by atoms with Crippen LogP contribution in [-0.2, 0) is 4.79 Å². The predicted molar refractivity (Wildman–Crippen MR) is 100 cm³/mol. The second kappa shape index (κ2) is 10.1. The molecule has 5 N–H and O–H groups in total. The first kappa shape index (κ1) is 21.0. The number of aliphatic hydroxyl groups excluding tert-OH is 1. The maximum atomic E-state index is 12.2. The molecule has 0 radical (unpaired) electrons. The van der Waals surface area contributed by atoms with Gasteiger partial charge in [-0.1, -0.05) is 32.1 Å². The lowest BCUT2D eigenvalue weighted by Crippen LogP contribution is -2.52. The van der Waals surface area contributed by atoms with Gasteiger partial charge in [0.25, 0.3) is 11.8 Å². The van der Waals surface area contributed by atoms with E-state index >= 15 is 0 Å². The summed E-state index contributed by atoms with van der Waals surface area (Å²) in [6, 6.07) is 3.98. The number of hydrazine groups is 1. The molecule has 1 aromatic rings. The van der Waals surface area contributed by atoms with Crippen LogP contribution in [0.1, 0.15) is 48.9 Å². The number of nitrogens with two attached hydrogens (primary N) is 1. The van der Waals surface area contributed by atoms with Crippen LogP contribution in [0.15, 0.2) is 18.2 Å². The number of benzene rings is 1. The molecule has 1 unspecified atom stereocenters. The highest BCUT2D eigenvalue weighted by atomic mass is 16.5. The fourth-order valence-electron chi connectivity index (χ4n) is 3.33. The molecule has 2 amide bonds. The minimum atomic E-state index is -1.38. The second-order valence-electron chi connectivity index (χ2n) is 6.89. The van der Waals surface area contributed by atoms with Gasteiger partial charge in [0.1, 0.15) is 17.6 Å². The third kappa shape index (κ3) is 6.11. The number of hydrogen-bond acceptors (Lipinski definition) is 6. The Bertz CT molecular complexity index is 624. The first-order chi connectivity index (χ1) is 12.9. The van der Waals surface area contributed by atoms with Crippen molar-refractivity contribution in [1.82, 2.24) is 10.9 Å². The summed E-state index contributed by atoms with van der Waals surface area (Å²) in [6.07, 6.45) is 4.93. The number of amides is 2. The number of carbonyl (C=O) groups is 2. The van der Waals surface area contributed by atoms with Crippen molar-refractivity contribution < 1.29 is 24.2 Å². The van der Waals surface area contributed by atoms with E-state index in [1.54, 1.807) is 6.07 Å². The Morgan fingerprint density at radius 2 is 1.70 bits per heavy atom. The Morgan fingerprint density at radius 1 is 1.11 bits per heavy atom. The van der Waals surface area contributed by atoms with Crippen LogP contribution in [0.4, 0.5) is 0 Å². The largest absolute Gasteiger partial charge is 0.497 e. The highest BCUT2D eigenvalue weighted by Crippen LogP contribution is 2.27. The summed E-state index contributed by atoms with van der Waals surface area (Å²) in [5.41, 5.74) is 10.7. The van der Waals surface area contributed by atoms with Crippen molar-refractivity contribution in [3.63, 3.8) is 0 Å². The van der Waals surface area contributed by atoms with Crippen LogP contribution in [0.3, 0.4) is 0 Å². The average molecular weight is 379 g/mol. The quantitative estimate of drug-likeness (QED) is 0.527. The molecule has 8 nitrogen and oxygen atoms in total. The molecule has 0 saturated heterocycles. The summed E-state index contributed by atoms with van der Waals surface area (Å²) in [6.45, 7) is 0. The Morgan fingerprint density at radius 3 is 2.26 bits per heavy atom. The van der Waals surface area contributed by atoms with Crippen LogP contribution in [0.25, 0.3) is 0 Å². The highest BCUT2D eigenvalue weighted by molar-refractivity contribution is 5.96. The summed E-state index contributed by atoms with van der Waals surface area (Å²) >= 11 is 0. The normalized spacial score (nSPS) is 16.9. The van der Waals surface area contributed by atoms with Crippen molar-refractivity contribution in [2.45, 2.75) is 50.7 Å². The summed E-state index contributed by atoms with van der Waals surface area (Å²) in [5, 5.41) is 10.1. The molecule has 1 aromatic carbocycles. The molecule has 1 aliphatic rings. The summed E-state index contributed by atoms with van der Waals surface area (Å²) in [5.74, 6) is 0.0332. The number of methoxy groups -OCH3 is 2. The number of rotatable bonds is 7. The van der Waals surface area contributed by atoms with E-state index in [9.17, 15) is 14.7 Å². The third-order valence-electron chi connectivity index (χ3n) is 4.92. The van der Waals surface area contributed by atoms with Gasteiger partial charge in [-0.3, -0.25) is 20.4 Å². The lowest BCUT2D eigenvalue weighted by atomic mass is 9.84. The molecule has 0 heterocycles. The van der Waals surface area contributed by atoms with E-state index in [1.165, 1.54) is 45.6 Å². The zero-order valence-corrected chi connectivity index (χ0v) is 15.9. The topological polar surface area (TPSA) is 123 Å². The Labute approximate surface area is 159 Å². The first-order valence-corrected chi connectivity index (χ1v) is 9.21. The summed E-state index contributed by atoms with van der Waals surface area (Å²) in [4.78, 5) is 24.3. The van der Waals surface area contributed by atoms with Crippen molar-refractivity contribution in [3.8, 4) is 11.5 Å². The lowest BCUT2D eigenvalue weighted by molar-refractivity contribution is -0.131. The van der Waals surface area contributed by atoms with Gasteiger partial charge >= 0.3 is 0 Å². The van der Waals surface area contributed by atoms with E-state index in [0.29, 0.717) is 23.8 Å². The van der Waals surface area contributed by atoms with Crippen LogP contribution in [0.5, 0.6) is 11.5 Å². The van der Waals surface area contributed by atoms with Crippen LogP contribution >= 0.6 is 0 Å². The van der Waals surface area contributed by atoms with Crippen molar-refractivity contribution >= 4 is 11.8 Å². The zero-order valence-electron chi connectivity index (χ0n) is 15.9. The van der Waals surface area contributed by atoms with Crippen LogP contribution in [0, 0.1) is 5.92 Å². The summed E-state index contributed by atoms with van der Waals surface area (Å²) in [7, 11) is 2.95. The highest BCUT2D eigenvalue weighted by Gasteiger charge is 2.27. The molecule has 1 aliphatic carbocycles. The van der Waals surface area contributed by atoms with Crippen LogP contribution < -0.4 is 26.1 Å². The number of hydrogen-bond donors (Lipinski definition) is 4. The van der Waals surface area contributed by atoms with E-state index in [4.69, 9.17) is 15.2 Å². The smallest absolute Gasteiger partial charge is 0.269 e. The van der Waals surface area contributed by atoms with Crippen LogP contribution in [0.2, 0.25) is 0 Å². The zero-order chi connectivity index (χ0) is 19.8. The molecule has 1 saturated carbocycles. The molecule has 0 spiro atoms. The maximum absolute atomic E-state index is 12.2. The van der Waals surface area contributed by atoms with Crippen molar-refractivity contribution in [2.75, 3.05) is 14.2 Å². The van der Waals surface area contributed by atoms with E-state index < -0.39 is 24.0 Å². The summed E-state index contributed by atoms with van der Waals surface area (Å²) < 4.78 is 10.2. The molecule has 0 bridgehead atoms. The molecule has 150 valence electrons. The van der Waals surface area contributed by atoms with Gasteiger partial charge in [0.2, 0.25) is 0 Å². The molecule has 2 rings (SSSR count). The number of aliphatic hydroxyl groups is 1. The first-order valence-electron chi connectivity index (χ1n) is 9.21. The molecule has 27 heavy (non-hydrogen) atoms. The van der Waals surface area contributed by atoms with E-state index in [0.717, 1.165) is 12.8 Å². The van der Waals surface area contributed by atoms with Gasteiger partial charge in [-0.2, -0.15) is 0 Å². The number of nitrogens with one attached hydrogen (secondary N) is 2. The lowest BCUT2D eigenvalue weighted by Gasteiger charge is -2.26. The van der Waals surface area contributed by atoms with E-state index in [-0.39, 0.29) is 5.56 Å². The van der Waals surface area contributed by atoms with Crippen molar-refractivity contribution in [2.24, 2.45) is 11.7 Å². The standard InChI is InChI=1S/C19H29N3O5/c1-26-14-9-13(10-15(11-14)27-2)18(24)21-22-19(25)17(23)16(20)8-12-6-4-3-5-7-12/h9-12,16-17,23H,3-8,20H2,1-2H3,(H,21,24)(H,22,25)/t16-,17?/m1/s1. The molecule has 0 aromatic heterocycles. The maximum Gasteiger partial charge on any atom is 0.269 e. The second-order valence-corrected chi connectivity index (χ2v) is 6.89. The van der Waals surface area contributed by atoms with Gasteiger partial charge in [-0.05, 0) is 24.5 Å². The third-order valence-corrected chi connectivity index (χ3v) is 4.92.